The van der Waals surface area contributed by atoms with Gasteiger partial charge in [0.1, 0.15) is 18.1 Å². The quantitative estimate of drug-likeness (QED) is 0.630. The van der Waals surface area contributed by atoms with Crippen LogP contribution >= 0.6 is 0 Å². The summed E-state index contributed by atoms with van der Waals surface area (Å²) in [5.74, 6) is 1.87. The number of para-hydroxylation sites is 3. The fourth-order valence-electron chi connectivity index (χ4n) is 3.74. The first-order valence-corrected chi connectivity index (χ1v) is 9.61. The standard InChI is InChI=1S/C22H23N5O4/c1-13-18(21(28)26-15-9-5-6-10-16(15)29-2)19(27-22(25-13)23-12-24-27)14-8-7-11-17(30-3)20(14)31-4/h5-12,19H,1-4H3,(H,26,28)(H,23,24,25)/t19-/m0/s1. The Hall–Kier alpha value is -4.01. The van der Waals surface area contributed by atoms with E-state index in [2.05, 4.69) is 20.7 Å². The van der Waals surface area contributed by atoms with Gasteiger partial charge in [-0.2, -0.15) is 10.1 Å². The molecule has 1 aliphatic heterocycles. The normalized spacial score (nSPS) is 15.0. The van der Waals surface area contributed by atoms with Crippen molar-refractivity contribution < 1.29 is 19.0 Å². The highest BCUT2D eigenvalue weighted by atomic mass is 16.5. The van der Waals surface area contributed by atoms with E-state index in [9.17, 15) is 4.79 Å². The summed E-state index contributed by atoms with van der Waals surface area (Å²) in [5, 5.41) is 10.5. The molecule has 31 heavy (non-hydrogen) atoms. The summed E-state index contributed by atoms with van der Waals surface area (Å²) in [6.45, 7) is 1.83. The largest absolute Gasteiger partial charge is 0.495 e. The van der Waals surface area contributed by atoms with Gasteiger partial charge in [0.05, 0.1) is 32.6 Å². The van der Waals surface area contributed by atoms with Crippen LogP contribution in [0.1, 0.15) is 18.5 Å². The lowest BCUT2D eigenvalue weighted by Crippen LogP contribution is -2.31. The molecule has 0 bridgehead atoms. The molecule has 1 amide bonds. The van der Waals surface area contributed by atoms with Crippen LogP contribution in [-0.4, -0.2) is 42.0 Å². The third-order valence-corrected chi connectivity index (χ3v) is 5.12. The highest BCUT2D eigenvalue weighted by molar-refractivity contribution is 6.06. The average molecular weight is 421 g/mol. The Balaban J connectivity index is 1.83. The number of anilines is 2. The summed E-state index contributed by atoms with van der Waals surface area (Å²) in [7, 11) is 4.69. The second-order valence-electron chi connectivity index (χ2n) is 6.83. The third-order valence-electron chi connectivity index (χ3n) is 5.12. The van der Waals surface area contributed by atoms with Crippen LogP contribution in [0.2, 0.25) is 0 Å². The number of amides is 1. The van der Waals surface area contributed by atoms with Crippen molar-refractivity contribution in [2.75, 3.05) is 32.0 Å². The number of methoxy groups -OCH3 is 3. The van der Waals surface area contributed by atoms with E-state index in [1.807, 2.05) is 31.2 Å². The van der Waals surface area contributed by atoms with Gasteiger partial charge in [-0.3, -0.25) is 4.79 Å². The van der Waals surface area contributed by atoms with Crippen molar-refractivity contribution in [3.63, 3.8) is 0 Å². The maximum absolute atomic E-state index is 13.5. The van der Waals surface area contributed by atoms with Gasteiger partial charge >= 0.3 is 0 Å². The second-order valence-corrected chi connectivity index (χ2v) is 6.83. The van der Waals surface area contributed by atoms with E-state index in [1.54, 1.807) is 44.2 Å². The summed E-state index contributed by atoms with van der Waals surface area (Å²) in [5.41, 5.74) is 2.41. The van der Waals surface area contributed by atoms with Crippen molar-refractivity contribution in [3.05, 3.63) is 65.6 Å². The zero-order valence-corrected chi connectivity index (χ0v) is 17.7. The van der Waals surface area contributed by atoms with Gasteiger partial charge in [-0.15, -0.1) is 0 Å². The smallest absolute Gasteiger partial charge is 0.255 e. The maximum atomic E-state index is 13.5. The molecular formula is C22H23N5O4. The average Bonchev–Trinajstić information content (AvgIpc) is 3.25. The molecule has 0 unspecified atom stereocenters. The fourth-order valence-corrected chi connectivity index (χ4v) is 3.74. The zero-order valence-electron chi connectivity index (χ0n) is 17.7. The number of hydrogen-bond acceptors (Lipinski definition) is 7. The van der Waals surface area contributed by atoms with E-state index in [-0.39, 0.29) is 5.91 Å². The Kier molecular flexibility index (Phi) is 5.48. The molecule has 0 fully saturated rings. The van der Waals surface area contributed by atoms with E-state index in [0.29, 0.717) is 40.2 Å². The first-order valence-electron chi connectivity index (χ1n) is 9.61. The molecule has 4 rings (SSSR count). The number of aromatic nitrogens is 3. The van der Waals surface area contributed by atoms with Gasteiger partial charge in [0.2, 0.25) is 5.95 Å². The van der Waals surface area contributed by atoms with Crippen LogP contribution in [-0.2, 0) is 4.79 Å². The molecule has 2 N–H and O–H groups in total. The number of carbonyl (C=O) groups is 1. The molecule has 0 saturated heterocycles. The van der Waals surface area contributed by atoms with Crippen molar-refractivity contribution in [2.24, 2.45) is 0 Å². The summed E-state index contributed by atoms with van der Waals surface area (Å²) in [6.07, 6.45) is 1.44. The topological polar surface area (TPSA) is 99.5 Å². The zero-order chi connectivity index (χ0) is 22.0. The van der Waals surface area contributed by atoms with Crippen molar-refractivity contribution in [3.8, 4) is 17.2 Å². The molecule has 9 heteroatoms. The van der Waals surface area contributed by atoms with E-state index >= 15 is 0 Å². The van der Waals surface area contributed by atoms with E-state index in [1.165, 1.54) is 6.33 Å². The third kappa shape index (κ3) is 3.54. The molecule has 9 nitrogen and oxygen atoms in total. The van der Waals surface area contributed by atoms with Crippen LogP contribution in [0.3, 0.4) is 0 Å². The molecule has 1 aromatic heterocycles. The Morgan fingerprint density at radius 2 is 1.77 bits per heavy atom. The van der Waals surface area contributed by atoms with Crippen LogP contribution in [0.5, 0.6) is 17.2 Å². The number of nitrogens with zero attached hydrogens (tertiary/aromatic N) is 3. The Labute approximate surface area is 179 Å². The minimum atomic E-state index is -0.585. The highest BCUT2D eigenvalue weighted by Gasteiger charge is 2.36. The highest BCUT2D eigenvalue weighted by Crippen LogP contribution is 2.42. The lowest BCUT2D eigenvalue weighted by atomic mass is 9.94. The molecule has 160 valence electrons. The Morgan fingerprint density at radius 1 is 1.03 bits per heavy atom. The van der Waals surface area contributed by atoms with Crippen LogP contribution in [0.25, 0.3) is 0 Å². The number of benzene rings is 2. The van der Waals surface area contributed by atoms with Gasteiger partial charge in [0, 0.05) is 11.3 Å². The van der Waals surface area contributed by atoms with Crippen molar-refractivity contribution in [2.45, 2.75) is 13.0 Å². The number of carbonyl (C=O) groups excluding carboxylic acids is 1. The van der Waals surface area contributed by atoms with Crippen LogP contribution < -0.4 is 24.8 Å². The number of fused-ring (bicyclic) bond motifs is 1. The number of ether oxygens (including phenoxy) is 3. The van der Waals surface area contributed by atoms with Gasteiger partial charge in [0.25, 0.3) is 5.91 Å². The summed E-state index contributed by atoms with van der Waals surface area (Å²) in [6, 6.07) is 12.2. The van der Waals surface area contributed by atoms with Gasteiger partial charge in [-0.05, 0) is 25.1 Å². The molecule has 0 spiro atoms. The van der Waals surface area contributed by atoms with Crippen LogP contribution in [0, 0.1) is 0 Å². The van der Waals surface area contributed by atoms with Gasteiger partial charge in [-0.25, -0.2) is 4.68 Å². The monoisotopic (exact) mass is 421 g/mol. The number of rotatable bonds is 6. The number of allylic oxidation sites excluding steroid dienone is 1. The summed E-state index contributed by atoms with van der Waals surface area (Å²) < 4.78 is 18.1. The van der Waals surface area contributed by atoms with E-state index in [0.717, 1.165) is 5.56 Å². The predicted molar refractivity (Wildman–Crippen MR) is 116 cm³/mol. The molecule has 3 aromatic rings. The van der Waals surface area contributed by atoms with Gasteiger partial charge in [0.15, 0.2) is 11.5 Å². The fraction of sp³-hybridized carbons (Fsp3) is 0.227. The summed E-state index contributed by atoms with van der Waals surface area (Å²) >= 11 is 0. The lowest BCUT2D eigenvalue weighted by molar-refractivity contribution is -0.113. The number of nitrogens with one attached hydrogen (secondary N) is 2. The van der Waals surface area contributed by atoms with Crippen LogP contribution in [0.15, 0.2) is 60.1 Å². The molecule has 0 saturated carbocycles. The molecular weight excluding hydrogens is 398 g/mol. The minimum Gasteiger partial charge on any atom is -0.495 e. The van der Waals surface area contributed by atoms with E-state index < -0.39 is 6.04 Å². The van der Waals surface area contributed by atoms with Gasteiger partial charge < -0.3 is 24.8 Å². The Bertz CT molecular complexity index is 1150. The molecule has 0 radical (unpaired) electrons. The molecule has 2 aromatic carbocycles. The molecule has 1 atom stereocenters. The predicted octanol–water partition coefficient (Wildman–Crippen LogP) is 3.23. The molecule has 1 aliphatic rings. The number of hydrogen-bond donors (Lipinski definition) is 2. The first-order chi connectivity index (χ1) is 15.1. The van der Waals surface area contributed by atoms with Gasteiger partial charge in [-0.1, -0.05) is 24.3 Å². The molecule has 2 heterocycles. The summed E-state index contributed by atoms with van der Waals surface area (Å²) in [4.78, 5) is 17.8. The SMILES string of the molecule is COc1ccccc1NC(=O)C1=C(C)Nc2ncnn2[C@H]1c1cccc(OC)c1OC. The van der Waals surface area contributed by atoms with E-state index in [4.69, 9.17) is 14.2 Å². The van der Waals surface area contributed by atoms with Crippen molar-refractivity contribution >= 4 is 17.5 Å². The maximum Gasteiger partial charge on any atom is 0.255 e. The first kappa shape index (κ1) is 20.3. The van der Waals surface area contributed by atoms with Crippen molar-refractivity contribution in [1.82, 2.24) is 14.8 Å². The second kappa shape index (κ2) is 8.39. The lowest BCUT2D eigenvalue weighted by Gasteiger charge is -2.30. The molecule has 0 aliphatic carbocycles. The van der Waals surface area contributed by atoms with Crippen molar-refractivity contribution in [1.29, 1.82) is 0 Å². The Morgan fingerprint density at radius 3 is 2.52 bits per heavy atom. The minimum absolute atomic E-state index is 0.300. The van der Waals surface area contributed by atoms with Crippen LogP contribution in [0.4, 0.5) is 11.6 Å².